The molecule has 0 amide bonds. The van der Waals surface area contributed by atoms with Gasteiger partial charge in [0.1, 0.15) is 0 Å². The summed E-state index contributed by atoms with van der Waals surface area (Å²) in [5.41, 5.74) is 2.15. The molecule has 1 aromatic heterocycles. The van der Waals surface area contributed by atoms with Gasteiger partial charge in [0.25, 0.3) is 0 Å². The molecule has 1 N–H and O–H groups in total. The van der Waals surface area contributed by atoms with Crippen molar-refractivity contribution in [1.82, 2.24) is 15.1 Å². The second-order valence-electron chi connectivity index (χ2n) is 5.85. The van der Waals surface area contributed by atoms with Crippen LogP contribution in [0.3, 0.4) is 0 Å². The van der Waals surface area contributed by atoms with Crippen molar-refractivity contribution in [3.8, 4) is 0 Å². The standard InChI is InChI=1S/C16H28ClN3O/c1-5-12-15(17)14(20(7-3)19-12)10-13(18-6-2)16-11(4)8-9-21-16/h11,13,16,18H,5-10H2,1-4H3. The van der Waals surface area contributed by atoms with Crippen LogP contribution in [0.2, 0.25) is 5.02 Å². The van der Waals surface area contributed by atoms with Gasteiger partial charge in [-0.2, -0.15) is 5.10 Å². The normalized spacial score (nSPS) is 23.7. The lowest BCUT2D eigenvalue weighted by Crippen LogP contribution is -2.44. The van der Waals surface area contributed by atoms with Gasteiger partial charge in [0.2, 0.25) is 0 Å². The van der Waals surface area contributed by atoms with Gasteiger partial charge in [-0.3, -0.25) is 4.68 Å². The number of hydrogen-bond acceptors (Lipinski definition) is 3. The van der Waals surface area contributed by atoms with Crippen LogP contribution in [0, 0.1) is 5.92 Å². The second kappa shape index (κ2) is 7.61. The Kier molecular flexibility index (Phi) is 6.08. The topological polar surface area (TPSA) is 39.1 Å². The van der Waals surface area contributed by atoms with Crippen LogP contribution < -0.4 is 5.32 Å². The number of aromatic nitrogens is 2. The molecule has 3 unspecified atom stereocenters. The highest BCUT2D eigenvalue weighted by Crippen LogP contribution is 2.28. The highest BCUT2D eigenvalue weighted by Gasteiger charge is 2.33. The van der Waals surface area contributed by atoms with Crippen molar-refractivity contribution in [1.29, 1.82) is 0 Å². The predicted molar refractivity (Wildman–Crippen MR) is 87.0 cm³/mol. The van der Waals surface area contributed by atoms with Gasteiger partial charge in [0.15, 0.2) is 0 Å². The molecule has 0 spiro atoms. The summed E-state index contributed by atoms with van der Waals surface area (Å²) in [6.07, 6.45) is 3.17. The third kappa shape index (κ3) is 3.61. The second-order valence-corrected chi connectivity index (χ2v) is 6.22. The summed E-state index contributed by atoms with van der Waals surface area (Å²) in [5.74, 6) is 0.594. The Labute approximate surface area is 133 Å². The van der Waals surface area contributed by atoms with Gasteiger partial charge in [-0.1, -0.05) is 32.4 Å². The number of aryl methyl sites for hydroxylation is 2. The zero-order valence-corrected chi connectivity index (χ0v) is 14.4. The SMILES string of the molecule is CCNC(Cc1c(Cl)c(CC)nn1CC)C1OCCC1C. The smallest absolute Gasteiger partial charge is 0.0850 e. The highest BCUT2D eigenvalue weighted by atomic mass is 35.5. The minimum atomic E-state index is 0.270. The zero-order valence-electron chi connectivity index (χ0n) is 13.7. The fourth-order valence-corrected chi connectivity index (χ4v) is 3.56. The molecule has 0 saturated carbocycles. The lowest BCUT2D eigenvalue weighted by molar-refractivity contribution is 0.0609. The van der Waals surface area contributed by atoms with E-state index in [9.17, 15) is 0 Å². The number of ether oxygens (including phenoxy) is 1. The first-order chi connectivity index (χ1) is 10.1. The molecule has 120 valence electrons. The van der Waals surface area contributed by atoms with Gasteiger partial charge in [-0.25, -0.2) is 0 Å². The Morgan fingerprint density at radius 2 is 2.19 bits per heavy atom. The van der Waals surface area contributed by atoms with Crippen LogP contribution in [0.4, 0.5) is 0 Å². The van der Waals surface area contributed by atoms with E-state index < -0.39 is 0 Å². The van der Waals surface area contributed by atoms with Crippen molar-refractivity contribution in [3.63, 3.8) is 0 Å². The van der Waals surface area contributed by atoms with Crippen LogP contribution in [-0.2, 0) is 24.1 Å². The number of likely N-dealkylation sites (N-methyl/N-ethyl adjacent to an activating group) is 1. The van der Waals surface area contributed by atoms with E-state index >= 15 is 0 Å². The maximum Gasteiger partial charge on any atom is 0.0850 e. The van der Waals surface area contributed by atoms with Gasteiger partial charge in [-0.15, -0.1) is 0 Å². The van der Waals surface area contributed by atoms with E-state index in [1.807, 2.05) is 4.68 Å². The summed E-state index contributed by atoms with van der Waals surface area (Å²) in [7, 11) is 0. The first kappa shape index (κ1) is 16.8. The Hall–Kier alpha value is -0.580. The van der Waals surface area contributed by atoms with Crippen molar-refractivity contribution >= 4 is 11.6 Å². The minimum absolute atomic E-state index is 0.270. The van der Waals surface area contributed by atoms with Crippen LogP contribution >= 0.6 is 11.6 Å². The summed E-state index contributed by atoms with van der Waals surface area (Å²) in [4.78, 5) is 0. The molecule has 1 aromatic rings. The van der Waals surface area contributed by atoms with E-state index in [4.69, 9.17) is 16.3 Å². The minimum Gasteiger partial charge on any atom is -0.376 e. The number of halogens is 1. The van der Waals surface area contributed by atoms with Crippen molar-refractivity contribution in [2.75, 3.05) is 13.2 Å². The molecule has 0 radical (unpaired) electrons. The first-order valence-electron chi connectivity index (χ1n) is 8.21. The van der Waals surface area contributed by atoms with E-state index in [2.05, 4.69) is 38.1 Å². The third-order valence-corrected chi connectivity index (χ3v) is 4.85. The molecular formula is C16H28ClN3O. The molecule has 21 heavy (non-hydrogen) atoms. The number of nitrogens with zero attached hydrogens (tertiary/aromatic N) is 2. The van der Waals surface area contributed by atoms with E-state index in [1.54, 1.807) is 0 Å². The van der Waals surface area contributed by atoms with Crippen molar-refractivity contribution in [2.24, 2.45) is 5.92 Å². The van der Waals surface area contributed by atoms with Crippen molar-refractivity contribution < 1.29 is 4.74 Å². The summed E-state index contributed by atoms with van der Waals surface area (Å²) in [6, 6.07) is 0.303. The Morgan fingerprint density at radius 1 is 1.43 bits per heavy atom. The molecule has 3 atom stereocenters. The summed E-state index contributed by atoms with van der Waals surface area (Å²) in [6.45, 7) is 11.3. The van der Waals surface area contributed by atoms with Crippen LogP contribution in [-0.4, -0.2) is 35.1 Å². The first-order valence-corrected chi connectivity index (χ1v) is 8.59. The maximum absolute atomic E-state index is 6.54. The average molecular weight is 314 g/mol. The van der Waals surface area contributed by atoms with E-state index in [0.29, 0.717) is 12.0 Å². The van der Waals surface area contributed by atoms with Gasteiger partial charge < -0.3 is 10.1 Å². The van der Waals surface area contributed by atoms with Crippen molar-refractivity contribution in [2.45, 2.75) is 65.6 Å². The molecule has 1 fully saturated rings. The van der Waals surface area contributed by atoms with E-state index in [0.717, 1.165) is 55.4 Å². The van der Waals surface area contributed by atoms with Gasteiger partial charge in [0, 0.05) is 25.6 Å². The third-order valence-electron chi connectivity index (χ3n) is 4.41. The fraction of sp³-hybridized carbons (Fsp3) is 0.812. The van der Waals surface area contributed by atoms with Crippen LogP contribution in [0.5, 0.6) is 0 Å². The van der Waals surface area contributed by atoms with Crippen LogP contribution in [0.1, 0.15) is 45.5 Å². The summed E-state index contributed by atoms with van der Waals surface area (Å²) in [5, 5.41) is 9.05. The maximum atomic E-state index is 6.54. The average Bonchev–Trinajstić information content (AvgIpc) is 3.03. The molecule has 0 bridgehead atoms. The quantitative estimate of drug-likeness (QED) is 0.841. The van der Waals surface area contributed by atoms with E-state index in [1.165, 1.54) is 0 Å². The molecule has 0 aromatic carbocycles. The van der Waals surface area contributed by atoms with Crippen LogP contribution in [0.25, 0.3) is 0 Å². The lowest BCUT2D eigenvalue weighted by Gasteiger charge is -2.27. The van der Waals surface area contributed by atoms with Gasteiger partial charge >= 0.3 is 0 Å². The van der Waals surface area contributed by atoms with E-state index in [-0.39, 0.29) is 6.10 Å². The van der Waals surface area contributed by atoms with Crippen molar-refractivity contribution in [3.05, 3.63) is 16.4 Å². The Morgan fingerprint density at radius 3 is 2.71 bits per heavy atom. The Balaban J connectivity index is 2.22. The molecule has 1 aliphatic rings. The lowest BCUT2D eigenvalue weighted by atomic mass is 9.94. The monoisotopic (exact) mass is 313 g/mol. The fourth-order valence-electron chi connectivity index (χ4n) is 3.22. The highest BCUT2D eigenvalue weighted by molar-refractivity contribution is 6.31. The molecule has 4 nitrogen and oxygen atoms in total. The summed E-state index contributed by atoms with van der Waals surface area (Å²) < 4.78 is 8.01. The Bertz CT molecular complexity index is 461. The van der Waals surface area contributed by atoms with Crippen LogP contribution in [0.15, 0.2) is 0 Å². The number of rotatable bonds is 7. The molecule has 2 rings (SSSR count). The molecule has 0 aliphatic carbocycles. The molecule has 5 heteroatoms. The molecule has 1 aliphatic heterocycles. The predicted octanol–water partition coefficient (Wildman–Crippen LogP) is 3.06. The molecule has 2 heterocycles. The number of hydrogen-bond donors (Lipinski definition) is 1. The number of nitrogens with one attached hydrogen (secondary N) is 1. The molecule has 1 saturated heterocycles. The van der Waals surface area contributed by atoms with Gasteiger partial charge in [0.05, 0.1) is 22.5 Å². The van der Waals surface area contributed by atoms with Gasteiger partial charge in [-0.05, 0) is 32.2 Å². The summed E-state index contributed by atoms with van der Waals surface area (Å²) >= 11 is 6.54. The largest absolute Gasteiger partial charge is 0.376 e. The zero-order chi connectivity index (χ0) is 15.4. The molecular weight excluding hydrogens is 286 g/mol.